The van der Waals surface area contributed by atoms with Gasteiger partial charge in [0.25, 0.3) is 5.91 Å². The average Bonchev–Trinajstić information content (AvgIpc) is 2.98. The normalized spacial score (nSPS) is 11.3. The molecule has 0 spiro atoms. The summed E-state index contributed by atoms with van der Waals surface area (Å²) in [6.07, 6.45) is 0.940. The molecule has 7 nitrogen and oxygen atoms in total. The first-order chi connectivity index (χ1) is 13.0. The molecule has 0 aliphatic carbocycles. The molecule has 0 aliphatic rings. The minimum Gasteiger partial charge on any atom is -0.356 e. The molecule has 8 heteroatoms. The number of aliphatic imine (C=N–C) groups is 1. The molecule has 146 valence electrons. The van der Waals surface area contributed by atoms with E-state index in [-0.39, 0.29) is 5.91 Å². The maximum absolute atomic E-state index is 12.0. The molecule has 3 N–H and O–H groups in total. The van der Waals surface area contributed by atoms with Gasteiger partial charge in [-0.15, -0.1) is 0 Å². The van der Waals surface area contributed by atoms with Gasteiger partial charge in [0.2, 0.25) is 0 Å². The lowest BCUT2D eigenvalue weighted by Gasteiger charge is -2.12. The van der Waals surface area contributed by atoms with Gasteiger partial charge in [-0.3, -0.25) is 14.5 Å². The van der Waals surface area contributed by atoms with E-state index in [0.717, 1.165) is 25.2 Å². The standard InChI is InChI=1S/C19H27ClN6O/c1-14-13-15(2)26(25-14)12-4-9-23-19(21-3)24-11-10-22-18(27)16-5-7-17(20)8-6-16/h5-8,13H,4,9-12H2,1-3H3,(H,22,27)(H2,21,23,24). The van der Waals surface area contributed by atoms with Gasteiger partial charge in [-0.25, -0.2) is 0 Å². The van der Waals surface area contributed by atoms with Gasteiger partial charge in [-0.05, 0) is 50.6 Å². The SMILES string of the molecule is CN=C(NCCCn1nc(C)cc1C)NCCNC(=O)c1ccc(Cl)cc1. The van der Waals surface area contributed by atoms with Gasteiger partial charge in [0.1, 0.15) is 0 Å². The first kappa shape index (κ1) is 20.8. The highest BCUT2D eigenvalue weighted by Crippen LogP contribution is 2.09. The molecule has 1 amide bonds. The quantitative estimate of drug-likeness (QED) is 0.366. The van der Waals surface area contributed by atoms with E-state index in [0.29, 0.717) is 29.6 Å². The van der Waals surface area contributed by atoms with Gasteiger partial charge in [0, 0.05) is 49.5 Å². The molecule has 0 atom stereocenters. The Hall–Kier alpha value is -2.54. The molecule has 0 aliphatic heterocycles. The molecule has 0 saturated heterocycles. The third-order valence-corrected chi connectivity index (χ3v) is 4.23. The van der Waals surface area contributed by atoms with Crippen LogP contribution in [0, 0.1) is 13.8 Å². The Kier molecular flexibility index (Phi) is 8.13. The fourth-order valence-electron chi connectivity index (χ4n) is 2.62. The van der Waals surface area contributed by atoms with Crippen molar-refractivity contribution in [3.05, 3.63) is 52.3 Å². The number of hydrogen-bond acceptors (Lipinski definition) is 3. The van der Waals surface area contributed by atoms with Crippen molar-refractivity contribution in [1.29, 1.82) is 0 Å². The molecule has 0 unspecified atom stereocenters. The number of carbonyl (C=O) groups excluding carboxylic acids is 1. The van der Waals surface area contributed by atoms with Crippen LogP contribution in [0.1, 0.15) is 28.2 Å². The van der Waals surface area contributed by atoms with E-state index < -0.39 is 0 Å². The van der Waals surface area contributed by atoms with Crippen LogP contribution >= 0.6 is 11.6 Å². The minimum absolute atomic E-state index is 0.124. The zero-order valence-electron chi connectivity index (χ0n) is 16.1. The fourth-order valence-corrected chi connectivity index (χ4v) is 2.74. The first-order valence-electron chi connectivity index (χ1n) is 8.99. The molecular weight excluding hydrogens is 364 g/mol. The highest BCUT2D eigenvalue weighted by molar-refractivity contribution is 6.30. The average molecular weight is 391 g/mol. The molecule has 1 heterocycles. The lowest BCUT2D eigenvalue weighted by atomic mass is 10.2. The Bertz CT molecular complexity index is 769. The predicted molar refractivity (Wildman–Crippen MR) is 109 cm³/mol. The zero-order valence-corrected chi connectivity index (χ0v) is 16.8. The highest BCUT2D eigenvalue weighted by atomic mass is 35.5. The van der Waals surface area contributed by atoms with Gasteiger partial charge >= 0.3 is 0 Å². The van der Waals surface area contributed by atoms with E-state index >= 15 is 0 Å². The number of nitrogens with one attached hydrogen (secondary N) is 3. The summed E-state index contributed by atoms with van der Waals surface area (Å²) >= 11 is 5.82. The lowest BCUT2D eigenvalue weighted by molar-refractivity contribution is 0.0954. The van der Waals surface area contributed by atoms with Crippen molar-refractivity contribution in [2.45, 2.75) is 26.8 Å². The molecule has 0 radical (unpaired) electrons. The van der Waals surface area contributed by atoms with Crippen molar-refractivity contribution in [3.63, 3.8) is 0 Å². The largest absolute Gasteiger partial charge is 0.356 e. The third kappa shape index (κ3) is 6.94. The van der Waals surface area contributed by atoms with E-state index in [2.05, 4.69) is 39.0 Å². The number of amides is 1. The summed E-state index contributed by atoms with van der Waals surface area (Å²) in [7, 11) is 1.72. The summed E-state index contributed by atoms with van der Waals surface area (Å²) in [5, 5.41) is 14.4. The first-order valence-corrected chi connectivity index (χ1v) is 9.36. The Balaban J connectivity index is 1.61. The second-order valence-electron chi connectivity index (χ2n) is 6.19. The third-order valence-electron chi connectivity index (χ3n) is 3.98. The van der Waals surface area contributed by atoms with Crippen molar-refractivity contribution >= 4 is 23.5 Å². The van der Waals surface area contributed by atoms with Gasteiger partial charge in [-0.2, -0.15) is 5.10 Å². The molecule has 1 aromatic heterocycles. The molecule has 2 rings (SSSR count). The molecule has 2 aromatic rings. The Morgan fingerprint density at radius 3 is 2.41 bits per heavy atom. The van der Waals surface area contributed by atoms with Crippen molar-refractivity contribution < 1.29 is 4.79 Å². The molecule has 0 saturated carbocycles. The molecule has 0 bridgehead atoms. The monoisotopic (exact) mass is 390 g/mol. The second-order valence-corrected chi connectivity index (χ2v) is 6.63. The van der Waals surface area contributed by atoms with Gasteiger partial charge in [-0.1, -0.05) is 11.6 Å². The second kappa shape index (κ2) is 10.6. The van der Waals surface area contributed by atoms with Crippen LogP contribution < -0.4 is 16.0 Å². The number of guanidine groups is 1. The summed E-state index contributed by atoms with van der Waals surface area (Å²) in [6, 6.07) is 8.88. The van der Waals surface area contributed by atoms with Crippen LogP contribution in [0.5, 0.6) is 0 Å². The Labute approximate surface area is 165 Å². The number of benzene rings is 1. The van der Waals surface area contributed by atoms with Crippen LogP contribution in [0.25, 0.3) is 0 Å². The van der Waals surface area contributed by atoms with Crippen molar-refractivity contribution in [1.82, 2.24) is 25.7 Å². The van der Waals surface area contributed by atoms with E-state index in [1.807, 2.05) is 11.6 Å². The van der Waals surface area contributed by atoms with Crippen molar-refractivity contribution in [3.8, 4) is 0 Å². The molecule has 0 fully saturated rings. The van der Waals surface area contributed by atoms with Gasteiger partial charge in [0.15, 0.2) is 5.96 Å². The topological polar surface area (TPSA) is 83.3 Å². The number of halogens is 1. The van der Waals surface area contributed by atoms with Crippen LogP contribution in [0.2, 0.25) is 5.02 Å². The fraction of sp³-hybridized carbons (Fsp3) is 0.421. The number of aromatic nitrogens is 2. The number of nitrogens with zero attached hydrogens (tertiary/aromatic N) is 3. The summed E-state index contributed by atoms with van der Waals surface area (Å²) < 4.78 is 2.01. The van der Waals surface area contributed by atoms with E-state index in [9.17, 15) is 4.79 Å². The van der Waals surface area contributed by atoms with E-state index in [1.165, 1.54) is 5.69 Å². The minimum atomic E-state index is -0.124. The zero-order chi connectivity index (χ0) is 19.6. The molecule has 1 aromatic carbocycles. The summed E-state index contributed by atoms with van der Waals surface area (Å²) in [6.45, 7) is 6.78. The van der Waals surface area contributed by atoms with Crippen LogP contribution in [0.15, 0.2) is 35.3 Å². The van der Waals surface area contributed by atoms with Crippen LogP contribution in [0.3, 0.4) is 0 Å². The molecule has 27 heavy (non-hydrogen) atoms. The van der Waals surface area contributed by atoms with Gasteiger partial charge < -0.3 is 16.0 Å². The van der Waals surface area contributed by atoms with E-state index in [4.69, 9.17) is 11.6 Å². The number of aryl methyl sites for hydroxylation is 3. The highest BCUT2D eigenvalue weighted by Gasteiger charge is 2.05. The number of rotatable bonds is 8. The van der Waals surface area contributed by atoms with Crippen LogP contribution in [-0.4, -0.2) is 48.3 Å². The Morgan fingerprint density at radius 2 is 1.78 bits per heavy atom. The Morgan fingerprint density at radius 1 is 1.11 bits per heavy atom. The van der Waals surface area contributed by atoms with E-state index in [1.54, 1.807) is 31.3 Å². The number of carbonyl (C=O) groups is 1. The van der Waals surface area contributed by atoms with Crippen LogP contribution in [0.4, 0.5) is 0 Å². The summed E-state index contributed by atoms with van der Waals surface area (Å²) in [5.41, 5.74) is 2.80. The molecular formula is C19H27ClN6O. The predicted octanol–water partition coefficient (Wildman–Crippen LogP) is 2.14. The summed E-state index contributed by atoms with van der Waals surface area (Å²) in [4.78, 5) is 16.2. The van der Waals surface area contributed by atoms with Crippen molar-refractivity contribution in [2.75, 3.05) is 26.7 Å². The number of hydrogen-bond donors (Lipinski definition) is 3. The maximum atomic E-state index is 12.0. The van der Waals surface area contributed by atoms with Gasteiger partial charge in [0.05, 0.1) is 5.69 Å². The van der Waals surface area contributed by atoms with Crippen molar-refractivity contribution in [2.24, 2.45) is 4.99 Å². The maximum Gasteiger partial charge on any atom is 0.251 e. The lowest BCUT2D eigenvalue weighted by Crippen LogP contribution is -2.42. The summed E-state index contributed by atoms with van der Waals surface area (Å²) in [5.74, 6) is 0.588. The van der Waals surface area contributed by atoms with Crippen LogP contribution in [-0.2, 0) is 6.54 Å². The smallest absolute Gasteiger partial charge is 0.251 e.